The highest BCUT2D eigenvalue weighted by Gasteiger charge is 2.36. The molecule has 0 spiro atoms. The van der Waals surface area contributed by atoms with Gasteiger partial charge in [-0.2, -0.15) is 0 Å². The Morgan fingerprint density at radius 3 is 2.67 bits per heavy atom. The quantitative estimate of drug-likeness (QED) is 0.653. The molecule has 0 bridgehead atoms. The molecule has 0 radical (unpaired) electrons. The lowest BCUT2D eigenvalue weighted by Crippen LogP contribution is -2.47. The first-order valence-electron chi connectivity index (χ1n) is 7.67. The molecule has 1 heterocycles. The third-order valence-electron chi connectivity index (χ3n) is 4.79. The van der Waals surface area contributed by atoms with Gasteiger partial charge in [-0.3, -0.25) is 11.3 Å². The van der Waals surface area contributed by atoms with Crippen LogP contribution < -0.4 is 11.3 Å². The van der Waals surface area contributed by atoms with Crippen molar-refractivity contribution in [2.24, 2.45) is 11.3 Å². The first-order valence-corrected chi connectivity index (χ1v) is 8.55. The molecule has 3 N–H and O–H groups in total. The maximum absolute atomic E-state index is 5.83. The largest absolute Gasteiger partial charge is 0.271 e. The summed E-state index contributed by atoms with van der Waals surface area (Å²) in [5.41, 5.74) is 5.62. The van der Waals surface area contributed by atoms with Gasteiger partial charge in [0.05, 0.1) is 10.7 Å². The van der Waals surface area contributed by atoms with Crippen molar-refractivity contribution in [1.29, 1.82) is 0 Å². The zero-order valence-corrected chi connectivity index (χ0v) is 13.3. The summed E-state index contributed by atoms with van der Waals surface area (Å²) < 4.78 is 0. The molecule has 1 saturated carbocycles. The van der Waals surface area contributed by atoms with E-state index in [1.807, 2.05) is 6.07 Å². The fourth-order valence-corrected chi connectivity index (χ4v) is 4.21. The zero-order chi connectivity index (χ0) is 14.7. The van der Waals surface area contributed by atoms with Gasteiger partial charge in [0.1, 0.15) is 0 Å². The minimum Gasteiger partial charge on any atom is -0.271 e. The molecule has 2 aromatic rings. The monoisotopic (exact) mass is 301 g/mol. The van der Waals surface area contributed by atoms with E-state index in [-0.39, 0.29) is 0 Å². The molecule has 1 aliphatic carbocycles. The number of benzene rings is 1. The van der Waals surface area contributed by atoms with E-state index in [1.165, 1.54) is 36.3 Å². The molecular formula is C17H23N3S. The Kier molecular flexibility index (Phi) is 4.38. The van der Waals surface area contributed by atoms with E-state index in [4.69, 9.17) is 10.8 Å². The smallest absolute Gasteiger partial charge is 0.0948 e. The molecule has 0 amide bonds. The third kappa shape index (κ3) is 3.18. The number of aromatic nitrogens is 1. The van der Waals surface area contributed by atoms with Crippen molar-refractivity contribution in [1.82, 2.24) is 10.4 Å². The Balaban J connectivity index is 1.74. The topological polar surface area (TPSA) is 50.9 Å². The molecule has 112 valence electrons. The lowest BCUT2D eigenvalue weighted by Gasteiger charge is -2.33. The highest BCUT2D eigenvalue weighted by atomic mass is 32.1. The van der Waals surface area contributed by atoms with Crippen LogP contribution in [0.25, 0.3) is 11.3 Å². The second-order valence-electron chi connectivity index (χ2n) is 6.28. The zero-order valence-electron chi connectivity index (χ0n) is 12.5. The predicted molar refractivity (Wildman–Crippen MR) is 88.9 cm³/mol. The van der Waals surface area contributed by atoms with Crippen molar-refractivity contribution < 1.29 is 0 Å². The molecular weight excluding hydrogens is 278 g/mol. The van der Waals surface area contributed by atoms with E-state index in [9.17, 15) is 0 Å². The van der Waals surface area contributed by atoms with Crippen LogP contribution in [-0.2, 0) is 6.42 Å². The van der Waals surface area contributed by atoms with Crippen LogP contribution in [0, 0.1) is 5.41 Å². The lowest BCUT2D eigenvalue weighted by molar-refractivity contribution is 0.220. The predicted octanol–water partition coefficient (Wildman–Crippen LogP) is 3.76. The minimum absolute atomic E-state index is 0.313. The molecule has 1 atom stereocenters. The van der Waals surface area contributed by atoms with Gasteiger partial charge >= 0.3 is 0 Å². The molecule has 3 nitrogen and oxygen atoms in total. The number of hydrogen-bond acceptors (Lipinski definition) is 4. The molecule has 1 unspecified atom stereocenters. The van der Waals surface area contributed by atoms with Crippen molar-refractivity contribution in [3.8, 4) is 11.3 Å². The lowest BCUT2D eigenvalue weighted by atomic mass is 9.79. The molecule has 1 aliphatic rings. The Morgan fingerprint density at radius 2 is 2.00 bits per heavy atom. The second kappa shape index (κ2) is 6.26. The van der Waals surface area contributed by atoms with Crippen molar-refractivity contribution in [3.63, 3.8) is 0 Å². The number of hydrogen-bond donors (Lipinski definition) is 2. The minimum atomic E-state index is 0.313. The summed E-state index contributed by atoms with van der Waals surface area (Å²) in [6.07, 6.45) is 6.09. The summed E-state index contributed by atoms with van der Waals surface area (Å²) in [6.45, 7) is 2.36. The van der Waals surface area contributed by atoms with Gasteiger partial charge in [-0.25, -0.2) is 4.98 Å². The molecule has 0 aliphatic heterocycles. The summed E-state index contributed by atoms with van der Waals surface area (Å²) in [6, 6.07) is 10.7. The first kappa shape index (κ1) is 14.7. The molecule has 0 saturated heterocycles. The van der Waals surface area contributed by atoms with Crippen LogP contribution in [0.2, 0.25) is 0 Å². The van der Waals surface area contributed by atoms with Crippen molar-refractivity contribution in [2.75, 3.05) is 0 Å². The average molecular weight is 301 g/mol. The van der Waals surface area contributed by atoms with E-state index < -0.39 is 0 Å². The van der Waals surface area contributed by atoms with Gasteiger partial charge in [0, 0.05) is 23.4 Å². The Hall–Kier alpha value is -1.23. The van der Waals surface area contributed by atoms with Crippen molar-refractivity contribution in [3.05, 3.63) is 40.7 Å². The van der Waals surface area contributed by atoms with Crippen LogP contribution in [0.15, 0.2) is 35.7 Å². The van der Waals surface area contributed by atoms with Gasteiger partial charge < -0.3 is 0 Å². The number of nitrogens with two attached hydrogens (primary N) is 1. The van der Waals surface area contributed by atoms with Gasteiger partial charge in [-0.15, -0.1) is 11.3 Å². The van der Waals surface area contributed by atoms with Crippen LogP contribution in [0.5, 0.6) is 0 Å². The Labute approximate surface area is 130 Å². The summed E-state index contributed by atoms with van der Waals surface area (Å²) in [5, 5.41) is 3.32. The molecule has 4 heteroatoms. The number of nitrogens with zero attached hydrogens (tertiary/aromatic N) is 1. The number of nitrogens with one attached hydrogen (secondary N) is 1. The highest BCUT2D eigenvalue weighted by molar-refractivity contribution is 7.09. The van der Waals surface area contributed by atoms with Crippen molar-refractivity contribution in [2.45, 2.75) is 45.1 Å². The van der Waals surface area contributed by atoms with E-state index in [1.54, 1.807) is 11.3 Å². The summed E-state index contributed by atoms with van der Waals surface area (Å²) in [7, 11) is 0. The number of hydrazine groups is 1. The number of thiazole rings is 1. The van der Waals surface area contributed by atoms with Gasteiger partial charge in [-0.05, 0) is 18.3 Å². The molecule has 1 aromatic carbocycles. The maximum atomic E-state index is 5.83. The Morgan fingerprint density at radius 1 is 1.29 bits per heavy atom. The molecule has 1 aromatic heterocycles. The fraction of sp³-hybridized carbons (Fsp3) is 0.471. The normalized spacial score (nSPS) is 18.8. The van der Waals surface area contributed by atoms with Crippen molar-refractivity contribution >= 4 is 11.3 Å². The third-order valence-corrected chi connectivity index (χ3v) is 5.66. The van der Waals surface area contributed by atoms with Crippen LogP contribution in [-0.4, -0.2) is 11.0 Å². The van der Waals surface area contributed by atoms with Crippen LogP contribution in [0.3, 0.4) is 0 Å². The Bertz CT molecular complexity index is 573. The first-order chi connectivity index (χ1) is 10.2. The van der Waals surface area contributed by atoms with Gasteiger partial charge in [0.25, 0.3) is 0 Å². The molecule has 3 rings (SSSR count). The molecule has 21 heavy (non-hydrogen) atoms. The van der Waals surface area contributed by atoms with Crippen LogP contribution in [0.1, 0.15) is 37.6 Å². The average Bonchev–Trinajstić information content (AvgIpc) is 3.15. The maximum Gasteiger partial charge on any atom is 0.0948 e. The molecule has 1 fully saturated rings. The van der Waals surface area contributed by atoms with Gasteiger partial charge in [-0.1, -0.05) is 50.1 Å². The van der Waals surface area contributed by atoms with Gasteiger partial charge in [0.2, 0.25) is 0 Å². The highest BCUT2D eigenvalue weighted by Crippen LogP contribution is 2.41. The van der Waals surface area contributed by atoms with Crippen LogP contribution >= 0.6 is 11.3 Å². The SMILES string of the molecule is CC1(C(Cc2nc(-c3ccccc3)cs2)NN)CCCC1. The second-order valence-corrected chi connectivity index (χ2v) is 7.22. The van der Waals surface area contributed by atoms with E-state index in [0.29, 0.717) is 11.5 Å². The van der Waals surface area contributed by atoms with E-state index in [2.05, 4.69) is 42.0 Å². The van der Waals surface area contributed by atoms with Crippen LogP contribution in [0.4, 0.5) is 0 Å². The summed E-state index contributed by atoms with van der Waals surface area (Å²) >= 11 is 1.74. The van der Waals surface area contributed by atoms with E-state index in [0.717, 1.165) is 12.1 Å². The number of rotatable bonds is 5. The summed E-state index contributed by atoms with van der Waals surface area (Å²) in [4.78, 5) is 4.79. The summed E-state index contributed by atoms with van der Waals surface area (Å²) in [5.74, 6) is 5.83. The standard InChI is InChI=1S/C17H23N3S/c1-17(9-5-6-10-17)15(20-18)11-16-19-14(12-21-16)13-7-3-2-4-8-13/h2-4,7-8,12,15,20H,5-6,9-11,18H2,1H3. The van der Waals surface area contributed by atoms with E-state index >= 15 is 0 Å². The fourth-order valence-electron chi connectivity index (χ4n) is 3.36. The van der Waals surface area contributed by atoms with Gasteiger partial charge in [0.15, 0.2) is 0 Å².